The predicted octanol–water partition coefficient (Wildman–Crippen LogP) is 4.48. The topological polar surface area (TPSA) is 59.8 Å². The fraction of sp³-hybridized carbons (Fsp3) is 0.125. The molecule has 1 amide bonds. The van der Waals surface area contributed by atoms with Gasteiger partial charge in [-0.05, 0) is 43.7 Å². The average Bonchev–Trinajstić information content (AvgIpc) is 3.19. The van der Waals surface area contributed by atoms with Crippen molar-refractivity contribution in [3.63, 3.8) is 0 Å². The van der Waals surface area contributed by atoms with E-state index in [0.29, 0.717) is 17.8 Å². The van der Waals surface area contributed by atoms with E-state index in [1.807, 2.05) is 67.6 Å². The third-order valence-corrected chi connectivity index (χ3v) is 4.77. The van der Waals surface area contributed by atoms with E-state index in [1.54, 1.807) is 17.1 Å². The first-order chi connectivity index (χ1) is 14.1. The molecule has 0 bridgehead atoms. The minimum absolute atomic E-state index is 0.173. The lowest BCUT2D eigenvalue weighted by molar-refractivity contribution is 0.0951. The number of carbonyl (C=O) groups excluding carboxylic acids is 1. The highest BCUT2D eigenvalue weighted by Gasteiger charge is 2.20. The Labute approximate surface area is 170 Å². The number of nitrogens with zero attached hydrogens (tertiary/aromatic N) is 3. The number of benzene rings is 2. The van der Waals surface area contributed by atoms with Crippen LogP contribution in [0.2, 0.25) is 0 Å². The highest BCUT2D eigenvalue weighted by atomic mass is 16.1. The van der Waals surface area contributed by atoms with Gasteiger partial charge in [0.2, 0.25) is 0 Å². The summed E-state index contributed by atoms with van der Waals surface area (Å²) in [5.41, 5.74) is 6.14. The molecule has 0 saturated carbocycles. The highest BCUT2D eigenvalue weighted by molar-refractivity contribution is 6.00. The van der Waals surface area contributed by atoms with E-state index in [1.165, 1.54) is 5.56 Å². The number of aryl methyl sites for hydroxylation is 2. The van der Waals surface area contributed by atoms with E-state index < -0.39 is 0 Å². The second-order valence-corrected chi connectivity index (χ2v) is 6.99. The molecule has 5 nitrogen and oxygen atoms in total. The first-order valence-electron chi connectivity index (χ1n) is 9.52. The molecule has 0 atom stereocenters. The van der Waals surface area contributed by atoms with Crippen LogP contribution in [0.3, 0.4) is 0 Å². The van der Waals surface area contributed by atoms with Gasteiger partial charge in [0.25, 0.3) is 5.91 Å². The van der Waals surface area contributed by atoms with Gasteiger partial charge in [-0.15, -0.1) is 0 Å². The van der Waals surface area contributed by atoms with Crippen molar-refractivity contribution >= 4 is 5.91 Å². The molecule has 5 heteroatoms. The van der Waals surface area contributed by atoms with Crippen molar-refractivity contribution in [1.29, 1.82) is 0 Å². The van der Waals surface area contributed by atoms with Crippen LogP contribution in [0.1, 0.15) is 27.2 Å². The molecule has 0 aliphatic carbocycles. The molecule has 2 aromatic carbocycles. The Morgan fingerprint density at radius 3 is 2.52 bits per heavy atom. The summed E-state index contributed by atoms with van der Waals surface area (Å²) < 4.78 is 1.75. The van der Waals surface area contributed by atoms with Crippen LogP contribution >= 0.6 is 0 Å². The molecule has 29 heavy (non-hydrogen) atoms. The van der Waals surface area contributed by atoms with E-state index in [4.69, 9.17) is 5.10 Å². The van der Waals surface area contributed by atoms with Gasteiger partial charge < -0.3 is 5.32 Å². The van der Waals surface area contributed by atoms with Gasteiger partial charge in [-0.1, -0.05) is 48.0 Å². The predicted molar refractivity (Wildman–Crippen MR) is 114 cm³/mol. The molecule has 0 radical (unpaired) electrons. The Morgan fingerprint density at radius 2 is 1.79 bits per heavy atom. The van der Waals surface area contributed by atoms with Gasteiger partial charge in [0.05, 0.1) is 23.5 Å². The molecule has 4 rings (SSSR count). The Balaban J connectivity index is 1.72. The maximum absolute atomic E-state index is 13.0. The van der Waals surface area contributed by atoms with E-state index >= 15 is 0 Å². The van der Waals surface area contributed by atoms with Gasteiger partial charge in [-0.2, -0.15) is 5.10 Å². The van der Waals surface area contributed by atoms with Crippen LogP contribution in [0.5, 0.6) is 0 Å². The van der Waals surface area contributed by atoms with Crippen LogP contribution in [0.25, 0.3) is 16.9 Å². The third kappa shape index (κ3) is 4.09. The summed E-state index contributed by atoms with van der Waals surface area (Å²) in [5, 5.41) is 7.72. The first-order valence-corrected chi connectivity index (χ1v) is 9.52. The van der Waals surface area contributed by atoms with Gasteiger partial charge in [0, 0.05) is 18.0 Å². The Bertz CT molecular complexity index is 1130. The SMILES string of the molecule is Cc1ccc(-c2nn(-c3ccccc3)cc2C(=O)NCc2ccccn2)c(C)c1. The molecular formula is C24H22N4O. The summed E-state index contributed by atoms with van der Waals surface area (Å²) in [7, 11) is 0. The highest BCUT2D eigenvalue weighted by Crippen LogP contribution is 2.27. The van der Waals surface area contributed by atoms with E-state index in [2.05, 4.69) is 23.3 Å². The zero-order chi connectivity index (χ0) is 20.2. The summed E-state index contributed by atoms with van der Waals surface area (Å²) >= 11 is 0. The molecule has 0 fully saturated rings. The molecule has 0 aliphatic rings. The fourth-order valence-corrected chi connectivity index (χ4v) is 3.30. The number of para-hydroxylation sites is 1. The molecule has 0 unspecified atom stereocenters. The van der Waals surface area contributed by atoms with Crippen molar-refractivity contribution in [2.24, 2.45) is 0 Å². The van der Waals surface area contributed by atoms with E-state index in [0.717, 1.165) is 22.5 Å². The monoisotopic (exact) mass is 382 g/mol. The quantitative estimate of drug-likeness (QED) is 0.554. The van der Waals surface area contributed by atoms with Gasteiger partial charge in [0.1, 0.15) is 5.69 Å². The molecular weight excluding hydrogens is 360 g/mol. The lowest BCUT2D eigenvalue weighted by Gasteiger charge is -2.08. The van der Waals surface area contributed by atoms with Gasteiger partial charge in [-0.25, -0.2) is 4.68 Å². The minimum atomic E-state index is -0.173. The molecule has 0 saturated heterocycles. The smallest absolute Gasteiger partial charge is 0.255 e. The molecule has 4 aromatic rings. The number of rotatable bonds is 5. The Morgan fingerprint density at radius 1 is 1.00 bits per heavy atom. The van der Waals surface area contributed by atoms with Crippen LogP contribution in [0, 0.1) is 13.8 Å². The maximum Gasteiger partial charge on any atom is 0.255 e. The average molecular weight is 382 g/mol. The third-order valence-electron chi connectivity index (χ3n) is 4.77. The standard InChI is InChI=1S/C24H22N4O/c1-17-11-12-21(18(2)14-17)23-22(16-28(27-23)20-9-4-3-5-10-20)24(29)26-15-19-8-6-7-13-25-19/h3-14,16H,15H2,1-2H3,(H,26,29). The van der Waals surface area contributed by atoms with Crippen LogP contribution < -0.4 is 5.32 Å². The van der Waals surface area contributed by atoms with Crippen molar-refractivity contribution in [2.75, 3.05) is 0 Å². The summed E-state index contributed by atoms with van der Waals surface area (Å²) in [6.07, 6.45) is 3.51. The van der Waals surface area contributed by atoms with Crippen LogP contribution in [-0.2, 0) is 6.54 Å². The van der Waals surface area contributed by atoms with Crippen molar-refractivity contribution in [3.05, 3.63) is 102 Å². The second kappa shape index (κ2) is 8.10. The number of nitrogens with one attached hydrogen (secondary N) is 1. The van der Waals surface area contributed by atoms with Crippen molar-refractivity contribution in [3.8, 4) is 16.9 Å². The van der Waals surface area contributed by atoms with Crippen LogP contribution in [0.4, 0.5) is 0 Å². The molecule has 2 heterocycles. The molecule has 1 N–H and O–H groups in total. The lowest BCUT2D eigenvalue weighted by Crippen LogP contribution is -2.23. The fourth-order valence-electron chi connectivity index (χ4n) is 3.30. The molecule has 0 spiro atoms. The Hall–Kier alpha value is -3.73. The second-order valence-electron chi connectivity index (χ2n) is 6.99. The largest absolute Gasteiger partial charge is 0.346 e. The van der Waals surface area contributed by atoms with Gasteiger partial charge >= 0.3 is 0 Å². The molecule has 0 aliphatic heterocycles. The first kappa shape index (κ1) is 18.6. The number of pyridine rings is 1. The lowest BCUT2D eigenvalue weighted by atomic mass is 10.0. The van der Waals surface area contributed by atoms with E-state index in [9.17, 15) is 4.79 Å². The summed E-state index contributed by atoms with van der Waals surface area (Å²) in [4.78, 5) is 17.3. The number of aromatic nitrogens is 3. The number of amides is 1. The zero-order valence-electron chi connectivity index (χ0n) is 16.5. The molecule has 144 valence electrons. The number of hydrogen-bond donors (Lipinski definition) is 1. The van der Waals surface area contributed by atoms with Gasteiger partial charge in [0.15, 0.2) is 0 Å². The minimum Gasteiger partial charge on any atom is -0.346 e. The zero-order valence-corrected chi connectivity index (χ0v) is 16.5. The summed E-state index contributed by atoms with van der Waals surface area (Å²) in [6, 6.07) is 21.6. The number of hydrogen-bond acceptors (Lipinski definition) is 3. The normalized spacial score (nSPS) is 10.7. The molecule has 2 aromatic heterocycles. The number of carbonyl (C=O) groups is 1. The van der Waals surface area contributed by atoms with Crippen LogP contribution in [0.15, 0.2) is 79.1 Å². The summed E-state index contributed by atoms with van der Waals surface area (Å²) in [6.45, 7) is 4.46. The van der Waals surface area contributed by atoms with Gasteiger partial charge in [-0.3, -0.25) is 9.78 Å². The van der Waals surface area contributed by atoms with Crippen LogP contribution in [-0.4, -0.2) is 20.7 Å². The summed E-state index contributed by atoms with van der Waals surface area (Å²) in [5.74, 6) is -0.173. The van der Waals surface area contributed by atoms with E-state index in [-0.39, 0.29) is 5.91 Å². The van der Waals surface area contributed by atoms with Crippen molar-refractivity contribution < 1.29 is 4.79 Å². The van der Waals surface area contributed by atoms with Crippen molar-refractivity contribution in [1.82, 2.24) is 20.1 Å². The Kier molecular flexibility index (Phi) is 5.20. The van der Waals surface area contributed by atoms with Crippen molar-refractivity contribution in [2.45, 2.75) is 20.4 Å². The maximum atomic E-state index is 13.0.